The van der Waals surface area contributed by atoms with Gasteiger partial charge < -0.3 is 14.4 Å². The second-order valence-corrected chi connectivity index (χ2v) is 6.93. The Labute approximate surface area is 173 Å². The Balaban J connectivity index is 1.48. The first-order chi connectivity index (χ1) is 14.5. The van der Waals surface area contributed by atoms with E-state index in [9.17, 15) is 9.59 Å². The van der Waals surface area contributed by atoms with Crippen molar-refractivity contribution in [2.24, 2.45) is 0 Å². The Morgan fingerprint density at radius 1 is 1.13 bits per heavy atom. The SMILES string of the molecule is CN1C(=O)N(Cc2ccc(C(=O)O)cc2)Cc2oc(C#CCc3ccccc3)nc21. The quantitative estimate of drug-likeness (QED) is 0.676. The van der Waals surface area contributed by atoms with E-state index in [-0.39, 0.29) is 24.0 Å². The molecule has 1 N–H and O–H groups in total. The van der Waals surface area contributed by atoms with Crippen LogP contribution in [0.3, 0.4) is 0 Å². The Morgan fingerprint density at radius 3 is 2.57 bits per heavy atom. The van der Waals surface area contributed by atoms with E-state index >= 15 is 0 Å². The molecule has 0 saturated carbocycles. The summed E-state index contributed by atoms with van der Waals surface area (Å²) in [4.78, 5) is 31.1. The molecule has 0 radical (unpaired) electrons. The molecule has 1 aromatic heterocycles. The summed E-state index contributed by atoms with van der Waals surface area (Å²) in [6.45, 7) is 0.602. The van der Waals surface area contributed by atoms with E-state index in [2.05, 4.69) is 16.8 Å². The summed E-state index contributed by atoms with van der Waals surface area (Å²) in [6.07, 6.45) is 0.584. The predicted molar refractivity (Wildman–Crippen MR) is 110 cm³/mol. The molecule has 2 heterocycles. The summed E-state index contributed by atoms with van der Waals surface area (Å²) in [7, 11) is 1.64. The number of anilines is 1. The van der Waals surface area contributed by atoms with E-state index in [4.69, 9.17) is 9.52 Å². The van der Waals surface area contributed by atoms with Crippen molar-refractivity contribution >= 4 is 17.8 Å². The number of nitrogens with zero attached hydrogens (tertiary/aromatic N) is 3. The first kappa shape index (κ1) is 19.3. The van der Waals surface area contributed by atoms with Crippen molar-refractivity contribution in [1.29, 1.82) is 0 Å². The Hall–Kier alpha value is -4.05. The van der Waals surface area contributed by atoms with Gasteiger partial charge in [-0.15, -0.1) is 0 Å². The van der Waals surface area contributed by atoms with Crippen LogP contribution in [-0.2, 0) is 19.5 Å². The molecular weight excluding hydrogens is 382 g/mol. The van der Waals surface area contributed by atoms with Crippen LogP contribution < -0.4 is 4.90 Å². The number of carbonyl (C=O) groups excluding carboxylic acids is 1. The van der Waals surface area contributed by atoms with Crippen LogP contribution in [0.15, 0.2) is 59.0 Å². The van der Waals surface area contributed by atoms with Gasteiger partial charge in [-0.05, 0) is 29.2 Å². The number of carboxylic acid groups (broad SMARTS) is 1. The second kappa shape index (κ2) is 8.13. The van der Waals surface area contributed by atoms with E-state index < -0.39 is 5.97 Å². The lowest BCUT2D eigenvalue weighted by Gasteiger charge is -2.31. The molecule has 4 rings (SSSR count). The van der Waals surface area contributed by atoms with Gasteiger partial charge in [-0.1, -0.05) is 48.4 Å². The van der Waals surface area contributed by atoms with E-state index in [1.54, 1.807) is 24.1 Å². The molecule has 0 spiro atoms. The average Bonchev–Trinajstić information content (AvgIpc) is 3.16. The van der Waals surface area contributed by atoms with Crippen LogP contribution in [0.25, 0.3) is 0 Å². The highest BCUT2D eigenvalue weighted by molar-refractivity contribution is 5.92. The number of fused-ring (bicyclic) bond motifs is 1. The monoisotopic (exact) mass is 401 g/mol. The van der Waals surface area contributed by atoms with Crippen molar-refractivity contribution in [3.63, 3.8) is 0 Å². The predicted octanol–water partition coefficient (Wildman–Crippen LogP) is 3.54. The van der Waals surface area contributed by atoms with Crippen LogP contribution in [0.5, 0.6) is 0 Å². The fourth-order valence-electron chi connectivity index (χ4n) is 3.22. The van der Waals surface area contributed by atoms with Gasteiger partial charge in [0.2, 0.25) is 0 Å². The average molecular weight is 401 g/mol. The zero-order chi connectivity index (χ0) is 21.1. The number of aromatic carboxylic acids is 1. The summed E-state index contributed by atoms with van der Waals surface area (Å²) in [5, 5.41) is 9.01. The molecule has 0 saturated heterocycles. The number of rotatable bonds is 4. The van der Waals surface area contributed by atoms with E-state index in [1.165, 1.54) is 17.0 Å². The minimum Gasteiger partial charge on any atom is -0.478 e. The number of urea groups is 1. The molecule has 0 fully saturated rings. The number of amides is 2. The van der Waals surface area contributed by atoms with Crippen molar-refractivity contribution in [2.75, 3.05) is 11.9 Å². The van der Waals surface area contributed by atoms with E-state index in [0.717, 1.165) is 11.1 Å². The molecule has 2 aromatic carbocycles. The molecule has 0 atom stereocenters. The highest BCUT2D eigenvalue weighted by Crippen LogP contribution is 2.28. The third kappa shape index (κ3) is 4.03. The van der Waals surface area contributed by atoms with Crippen molar-refractivity contribution in [3.05, 3.63) is 82.9 Å². The van der Waals surface area contributed by atoms with E-state index in [0.29, 0.717) is 24.5 Å². The van der Waals surface area contributed by atoms with Crippen LogP contribution in [0.2, 0.25) is 0 Å². The maximum Gasteiger partial charge on any atom is 0.335 e. The third-order valence-corrected chi connectivity index (χ3v) is 4.79. The molecule has 0 unspecified atom stereocenters. The lowest BCUT2D eigenvalue weighted by Crippen LogP contribution is -2.44. The molecule has 7 nitrogen and oxygen atoms in total. The van der Waals surface area contributed by atoms with Crippen molar-refractivity contribution < 1.29 is 19.1 Å². The summed E-state index contributed by atoms with van der Waals surface area (Å²) in [5.74, 6) is 6.32. The van der Waals surface area contributed by atoms with E-state index in [1.807, 2.05) is 30.3 Å². The smallest absolute Gasteiger partial charge is 0.335 e. The Bertz CT molecular complexity index is 1140. The fourth-order valence-corrected chi connectivity index (χ4v) is 3.22. The van der Waals surface area contributed by atoms with Gasteiger partial charge in [0.05, 0.1) is 12.1 Å². The van der Waals surface area contributed by atoms with Gasteiger partial charge in [0, 0.05) is 20.0 Å². The van der Waals surface area contributed by atoms with Crippen LogP contribution in [0, 0.1) is 11.8 Å². The number of hydrogen-bond donors (Lipinski definition) is 1. The van der Waals surface area contributed by atoms with Crippen molar-refractivity contribution in [1.82, 2.24) is 9.88 Å². The number of hydrogen-bond acceptors (Lipinski definition) is 4. The molecule has 7 heteroatoms. The fraction of sp³-hybridized carbons (Fsp3) is 0.174. The Morgan fingerprint density at radius 2 is 1.87 bits per heavy atom. The molecule has 0 aliphatic carbocycles. The van der Waals surface area contributed by atoms with Crippen LogP contribution >= 0.6 is 0 Å². The standard InChI is InChI=1S/C23H19N3O4/c1-25-21-19(30-20(24-21)9-5-8-16-6-3-2-4-7-16)15-26(23(25)29)14-17-10-12-18(13-11-17)22(27)28/h2-4,6-7,10-13H,8,14-15H2,1H3,(H,27,28). The molecule has 3 aromatic rings. The number of benzene rings is 2. The summed E-state index contributed by atoms with van der Waals surface area (Å²) in [5.41, 5.74) is 2.14. The van der Waals surface area contributed by atoms with Gasteiger partial charge >= 0.3 is 12.0 Å². The Kier molecular flexibility index (Phi) is 5.22. The third-order valence-electron chi connectivity index (χ3n) is 4.79. The number of carbonyl (C=O) groups is 2. The number of carboxylic acids is 1. The minimum absolute atomic E-state index is 0.206. The van der Waals surface area contributed by atoms with Crippen LogP contribution in [0.4, 0.5) is 10.6 Å². The highest BCUT2D eigenvalue weighted by Gasteiger charge is 2.32. The molecular formula is C23H19N3O4. The lowest BCUT2D eigenvalue weighted by molar-refractivity contribution is 0.0697. The first-order valence-electron chi connectivity index (χ1n) is 9.38. The molecule has 2 amide bonds. The maximum absolute atomic E-state index is 12.7. The molecule has 150 valence electrons. The zero-order valence-corrected chi connectivity index (χ0v) is 16.3. The molecule has 1 aliphatic rings. The van der Waals surface area contributed by atoms with Gasteiger partial charge in [0.1, 0.15) is 0 Å². The zero-order valence-electron chi connectivity index (χ0n) is 16.3. The topological polar surface area (TPSA) is 86.9 Å². The normalized spacial score (nSPS) is 12.9. The summed E-state index contributed by atoms with van der Waals surface area (Å²) >= 11 is 0. The van der Waals surface area contributed by atoms with Gasteiger partial charge in [-0.25, -0.2) is 9.59 Å². The first-order valence-corrected chi connectivity index (χ1v) is 9.38. The molecule has 0 bridgehead atoms. The maximum atomic E-state index is 12.7. The van der Waals surface area contributed by atoms with Crippen LogP contribution in [-0.4, -0.2) is 34.0 Å². The van der Waals surface area contributed by atoms with Gasteiger partial charge in [0.25, 0.3) is 5.89 Å². The lowest BCUT2D eigenvalue weighted by atomic mass is 10.1. The second-order valence-electron chi connectivity index (χ2n) is 6.93. The number of oxazole rings is 1. The minimum atomic E-state index is -0.984. The van der Waals surface area contributed by atoms with Crippen LogP contribution in [0.1, 0.15) is 33.1 Å². The molecule has 30 heavy (non-hydrogen) atoms. The summed E-state index contributed by atoms with van der Waals surface area (Å²) in [6, 6.07) is 16.1. The largest absolute Gasteiger partial charge is 0.478 e. The highest BCUT2D eigenvalue weighted by atomic mass is 16.4. The van der Waals surface area contributed by atoms with Crippen molar-refractivity contribution in [2.45, 2.75) is 19.5 Å². The van der Waals surface area contributed by atoms with Crippen molar-refractivity contribution in [3.8, 4) is 11.8 Å². The number of aromatic nitrogens is 1. The van der Waals surface area contributed by atoms with Gasteiger partial charge in [-0.2, -0.15) is 4.98 Å². The molecule has 1 aliphatic heterocycles. The summed E-state index contributed by atoms with van der Waals surface area (Å²) < 4.78 is 5.78. The van der Waals surface area contributed by atoms with Gasteiger partial charge in [-0.3, -0.25) is 4.90 Å². The van der Waals surface area contributed by atoms with Gasteiger partial charge in [0.15, 0.2) is 11.6 Å².